The lowest BCUT2D eigenvalue weighted by atomic mass is 10.1. The minimum absolute atomic E-state index is 0.159. The molecule has 2 aromatic heterocycles. The topological polar surface area (TPSA) is 84.2 Å². The fraction of sp³-hybridized carbons (Fsp3) is 0.125. The van der Waals surface area contributed by atoms with Gasteiger partial charge in [0, 0.05) is 23.2 Å². The SMILES string of the molecule is Cc1ccc(-c2nc(CC(=O)NCc3cccc(NC(=O)c4cccc(F)c4)c3)cs2)o1. The standard InChI is InChI=1S/C24H20FN3O3S/c1-15-8-9-21(31-15)24-28-20(14-32-24)12-22(29)26-13-16-4-2-7-19(10-16)27-23(30)17-5-3-6-18(25)11-17/h2-11,14H,12-13H2,1H3,(H,26,29)(H,27,30). The molecule has 0 fully saturated rings. The number of rotatable bonds is 7. The molecule has 2 N–H and O–H groups in total. The molecule has 6 nitrogen and oxygen atoms in total. The molecule has 0 saturated heterocycles. The van der Waals surface area contributed by atoms with Gasteiger partial charge in [-0.25, -0.2) is 9.37 Å². The summed E-state index contributed by atoms with van der Waals surface area (Å²) in [5.74, 6) is 0.462. The van der Waals surface area contributed by atoms with Crippen LogP contribution in [-0.2, 0) is 17.8 Å². The normalized spacial score (nSPS) is 10.7. The largest absolute Gasteiger partial charge is 0.459 e. The molecule has 4 aromatic rings. The molecular formula is C24H20FN3O3S. The van der Waals surface area contributed by atoms with E-state index in [4.69, 9.17) is 4.42 Å². The van der Waals surface area contributed by atoms with Gasteiger partial charge in [-0.05, 0) is 55.0 Å². The number of carbonyl (C=O) groups excluding carboxylic acids is 2. The molecule has 8 heteroatoms. The van der Waals surface area contributed by atoms with E-state index < -0.39 is 11.7 Å². The molecule has 2 amide bonds. The number of thiazole rings is 1. The molecule has 0 aliphatic rings. The van der Waals surface area contributed by atoms with Gasteiger partial charge >= 0.3 is 0 Å². The molecule has 162 valence electrons. The van der Waals surface area contributed by atoms with Gasteiger partial charge in [-0.2, -0.15) is 0 Å². The first-order valence-electron chi connectivity index (χ1n) is 9.90. The fourth-order valence-corrected chi connectivity index (χ4v) is 3.85. The molecule has 0 saturated carbocycles. The quantitative estimate of drug-likeness (QED) is 0.418. The van der Waals surface area contributed by atoms with E-state index in [2.05, 4.69) is 15.6 Å². The molecule has 0 aliphatic carbocycles. The summed E-state index contributed by atoms with van der Waals surface area (Å²) in [5, 5.41) is 8.18. The van der Waals surface area contributed by atoms with Crippen LogP contribution in [0, 0.1) is 12.7 Å². The van der Waals surface area contributed by atoms with Crippen LogP contribution in [0.4, 0.5) is 10.1 Å². The summed E-state index contributed by atoms with van der Waals surface area (Å²) < 4.78 is 18.9. The maximum absolute atomic E-state index is 13.3. The Labute approximate surface area is 188 Å². The molecular weight excluding hydrogens is 429 g/mol. The van der Waals surface area contributed by atoms with E-state index in [1.807, 2.05) is 30.5 Å². The lowest BCUT2D eigenvalue weighted by Crippen LogP contribution is -2.24. The number of benzene rings is 2. The first-order chi connectivity index (χ1) is 15.5. The van der Waals surface area contributed by atoms with E-state index in [9.17, 15) is 14.0 Å². The molecule has 0 aliphatic heterocycles. The van der Waals surface area contributed by atoms with Gasteiger partial charge in [0.2, 0.25) is 5.91 Å². The van der Waals surface area contributed by atoms with Crippen LogP contribution in [0.2, 0.25) is 0 Å². The Morgan fingerprint density at radius 2 is 1.94 bits per heavy atom. The Morgan fingerprint density at radius 1 is 1.09 bits per heavy atom. The molecule has 2 heterocycles. The first kappa shape index (κ1) is 21.5. The number of aromatic nitrogens is 1. The maximum Gasteiger partial charge on any atom is 0.255 e. The summed E-state index contributed by atoms with van der Waals surface area (Å²) in [6.45, 7) is 2.17. The molecule has 0 radical (unpaired) electrons. The van der Waals surface area contributed by atoms with Crippen molar-refractivity contribution in [1.82, 2.24) is 10.3 Å². The Morgan fingerprint density at radius 3 is 2.72 bits per heavy atom. The minimum atomic E-state index is -0.472. The van der Waals surface area contributed by atoms with Crippen molar-refractivity contribution in [3.63, 3.8) is 0 Å². The van der Waals surface area contributed by atoms with Gasteiger partial charge in [0.05, 0.1) is 12.1 Å². The number of nitrogens with one attached hydrogen (secondary N) is 2. The molecule has 4 rings (SSSR count). The molecule has 0 spiro atoms. The Kier molecular flexibility index (Phi) is 6.42. The number of amides is 2. The Balaban J connectivity index is 1.31. The summed E-state index contributed by atoms with van der Waals surface area (Å²) >= 11 is 1.43. The number of aryl methyl sites for hydroxylation is 1. The van der Waals surface area contributed by atoms with E-state index in [-0.39, 0.29) is 17.9 Å². The second-order valence-corrected chi connectivity index (χ2v) is 8.03. The van der Waals surface area contributed by atoms with Crippen molar-refractivity contribution in [2.24, 2.45) is 0 Å². The lowest BCUT2D eigenvalue weighted by molar-refractivity contribution is -0.120. The van der Waals surface area contributed by atoms with Gasteiger partial charge in [0.15, 0.2) is 10.8 Å². The van der Waals surface area contributed by atoms with Gasteiger partial charge in [-0.3, -0.25) is 9.59 Å². The van der Waals surface area contributed by atoms with Gasteiger partial charge in [0.25, 0.3) is 5.91 Å². The van der Waals surface area contributed by atoms with Crippen LogP contribution in [0.5, 0.6) is 0 Å². The van der Waals surface area contributed by atoms with Crippen molar-refractivity contribution in [1.29, 1.82) is 0 Å². The molecule has 32 heavy (non-hydrogen) atoms. The van der Waals surface area contributed by atoms with E-state index in [0.29, 0.717) is 23.7 Å². The minimum Gasteiger partial charge on any atom is -0.459 e. The Hall–Kier alpha value is -3.78. The maximum atomic E-state index is 13.3. The van der Waals surface area contributed by atoms with Crippen LogP contribution in [-0.4, -0.2) is 16.8 Å². The number of furan rings is 1. The number of anilines is 1. The lowest BCUT2D eigenvalue weighted by Gasteiger charge is -2.09. The van der Waals surface area contributed by atoms with Crippen LogP contribution >= 0.6 is 11.3 Å². The zero-order chi connectivity index (χ0) is 22.5. The van der Waals surface area contributed by atoms with Gasteiger partial charge in [-0.1, -0.05) is 18.2 Å². The summed E-state index contributed by atoms with van der Waals surface area (Å²) in [6, 6.07) is 16.3. The third-order valence-corrected chi connectivity index (χ3v) is 5.51. The first-order valence-corrected chi connectivity index (χ1v) is 10.8. The fourth-order valence-electron chi connectivity index (χ4n) is 3.07. The Bertz CT molecular complexity index is 1260. The van der Waals surface area contributed by atoms with Crippen LogP contribution in [0.25, 0.3) is 10.8 Å². The van der Waals surface area contributed by atoms with Crippen LogP contribution in [0.1, 0.15) is 27.4 Å². The van der Waals surface area contributed by atoms with Crippen LogP contribution < -0.4 is 10.6 Å². The summed E-state index contributed by atoms with van der Waals surface area (Å²) in [5.41, 5.74) is 2.29. The zero-order valence-corrected chi connectivity index (χ0v) is 18.0. The predicted octanol–water partition coefficient (Wildman–Crippen LogP) is 4.96. The third-order valence-electron chi connectivity index (χ3n) is 4.61. The number of carbonyl (C=O) groups is 2. The van der Waals surface area contributed by atoms with Crippen molar-refractivity contribution < 1.29 is 18.4 Å². The second kappa shape index (κ2) is 9.57. The van der Waals surface area contributed by atoms with Crippen molar-refractivity contribution in [3.05, 3.63) is 94.4 Å². The number of halogens is 1. The van der Waals surface area contributed by atoms with Crippen molar-refractivity contribution in [3.8, 4) is 10.8 Å². The van der Waals surface area contributed by atoms with Gasteiger partial charge in [0.1, 0.15) is 11.6 Å². The van der Waals surface area contributed by atoms with Crippen LogP contribution in [0.15, 0.2) is 70.5 Å². The van der Waals surface area contributed by atoms with E-state index in [1.165, 1.54) is 29.5 Å². The van der Waals surface area contributed by atoms with E-state index in [0.717, 1.165) is 16.3 Å². The average molecular weight is 450 g/mol. The van der Waals surface area contributed by atoms with Gasteiger partial charge in [-0.15, -0.1) is 11.3 Å². The van der Waals surface area contributed by atoms with E-state index in [1.54, 1.807) is 24.3 Å². The van der Waals surface area contributed by atoms with Gasteiger partial charge < -0.3 is 15.1 Å². The summed E-state index contributed by atoms with van der Waals surface area (Å²) in [4.78, 5) is 29.1. The highest BCUT2D eigenvalue weighted by molar-refractivity contribution is 7.13. The highest BCUT2D eigenvalue weighted by atomic mass is 32.1. The number of hydrogen-bond donors (Lipinski definition) is 2. The molecule has 2 aromatic carbocycles. The summed E-state index contributed by atoms with van der Waals surface area (Å²) in [7, 11) is 0. The second-order valence-electron chi connectivity index (χ2n) is 7.17. The smallest absolute Gasteiger partial charge is 0.255 e. The highest BCUT2D eigenvalue weighted by Gasteiger charge is 2.12. The van der Waals surface area contributed by atoms with Crippen LogP contribution in [0.3, 0.4) is 0 Å². The number of hydrogen-bond acceptors (Lipinski definition) is 5. The summed E-state index contributed by atoms with van der Waals surface area (Å²) in [6.07, 6.45) is 0.159. The predicted molar refractivity (Wildman–Crippen MR) is 121 cm³/mol. The van der Waals surface area contributed by atoms with Crippen molar-refractivity contribution in [2.75, 3.05) is 5.32 Å². The average Bonchev–Trinajstić information content (AvgIpc) is 3.41. The van der Waals surface area contributed by atoms with Crippen molar-refractivity contribution >= 4 is 28.8 Å². The zero-order valence-electron chi connectivity index (χ0n) is 17.2. The highest BCUT2D eigenvalue weighted by Crippen LogP contribution is 2.25. The monoisotopic (exact) mass is 449 g/mol. The van der Waals surface area contributed by atoms with E-state index >= 15 is 0 Å². The molecule has 0 atom stereocenters. The third kappa shape index (κ3) is 5.47. The molecule has 0 bridgehead atoms. The number of nitrogens with zero attached hydrogens (tertiary/aromatic N) is 1. The van der Waals surface area contributed by atoms with Crippen molar-refractivity contribution in [2.45, 2.75) is 19.9 Å². The molecule has 0 unspecified atom stereocenters.